The molecule has 0 saturated heterocycles. The molecule has 192 valence electrons. The molecular formula is C23H27Cl2F2N3O4S. The highest BCUT2D eigenvalue weighted by Gasteiger charge is 2.29. The Bertz CT molecular complexity index is 1160. The molecule has 0 aromatic heterocycles. The van der Waals surface area contributed by atoms with E-state index in [9.17, 15) is 26.8 Å². The van der Waals surface area contributed by atoms with Gasteiger partial charge in [-0.15, -0.1) is 0 Å². The van der Waals surface area contributed by atoms with Crippen LogP contribution in [0.4, 0.5) is 14.5 Å². The van der Waals surface area contributed by atoms with E-state index < -0.39 is 33.6 Å². The van der Waals surface area contributed by atoms with Gasteiger partial charge in [-0.2, -0.15) is 0 Å². The van der Waals surface area contributed by atoms with Crippen LogP contribution in [0.2, 0.25) is 10.0 Å². The van der Waals surface area contributed by atoms with Crippen LogP contribution < -0.4 is 9.62 Å². The molecular weight excluding hydrogens is 523 g/mol. The third-order valence-corrected chi connectivity index (χ3v) is 7.27. The predicted molar refractivity (Wildman–Crippen MR) is 133 cm³/mol. The summed E-state index contributed by atoms with van der Waals surface area (Å²) in [6.45, 7) is 1.57. The molecule has 0 aliphatic rings. The van der Waals surface area contributed by atoms with Gasteiger partial charge in [0.25, 0.3) is 0 Å². The van der Waals surface area contributed by atoms with E-state index in [0.29, 0.717) is 22.0 Å². The number of rotatable bonds is 11. The van der Waals surface area contributed by atoms with E-state index >= 15 is 0 Å². The summed E-state index contributed by atoms with van der Waals surface area (Å²) in [6.07, 6.45) is 1.19. The average molecular weight is 550 g/mol. The van der Waals surface area contributed by atoms with Crippen molar-refractivity contribution < 1.29 is 26.8 Å². The Morgan fingerprint density at radius 2 is 1.71 bits per heavy atom. The van der Waals surface area contributed by atoms with Gasteiger partial charge in [0.1, 0.15) is 6.04 Å². The summed E-state index contributed by atoms with van der Waals surface area (Å²) in [5.74, 6) is -3.09. The van der Waals surface area contributed by atoms with Crippen LogP contribution in [0.1, 0.15) is 31.7 Å². The van der Waals surface area contributed by atoms with Gasteiger partial charge in [-0.3, -0.25) is 13.9 Å². The number of nitrogens with zero attached hydrogens (tertiary/aromatic N) is 2. The molecule has 1 atom stereocenters. The number of amides is 2. The summed E-state index contributed by atoms with van der Waals surface area (Å²) in [4.78, 5) is 27.1. The van der Waals surface area contributed by atoms with Crippen molar-refractivity contribution in [3.05, 3.63) is 63.6 Å². The lowest BCUT2D eigenvalue weighted by Gasteiger charge is -2.31. The number of hydrogen-bond acceptors (Lipinski definition) is 4. The predicted octanol–water partition coefficient (Wildman–Crippen LogP) is 4.37. The van der Waals surface area contributed by atoms with Gasteiger partial charge in [0.15, 0.2) is 11.6 Å². The zero-order valence-electron chi connectivity index (χ0n) is 19.5. The van der Waals surface area contributed by atoms with Gasteiger partial charge in [-0.05, 0) is 37.1 Å². The molecule has 0 bridgehead atoms. The summed E-state index contributed by atoms with van der Waals surface area (Å²) < 4.78 is 52.4. The smallest absolute Gasteiger partial charge is 0.242 e. The number of carbonyl (C=O) groups is 2. The normalized spacial score (nSPS) is 12.2. The minimum atomic E-state index is -3.84. The van der Waals surface area contributed by atoms with Crippen LogP contribution in [0.3, 0.4) is 0 Å². The van der Waals surface area contributed by atoms with Crippen molar-refractivity contribution >= 4 is 50.7 Å². The number of likely N-dealkylation sites (N-methyl/N-ethyl adjacent to an activating group) is 1. The van der Waals surface area contributed by atoms with Crippen molar-refractivity contribution in [1.29, 1.82) is 0 Å². The second-order valence-electron chi connectivity index (χ2n) is 7.80. The molecule has 0 heterocycles. The highest BCUT2D eigenvalue weighted by atomic mass is 35.5. The Kier molecular flexibility index (Phi) is 10.3. The number of halogens is 4. The lowest BCUT2D eigenvalue weighted by molar-refractivity contribution is -0.141. The van der Waals surface area contributed by atoms with E-state index in [1.54, 1.807) is 25.1 Å². The molecule has 0 aliphatic carbocycles. The van der Waals surface area contributed by atoms with Gasteiger partial charge >= 0.3 is 0 Å². The van der Waals surface area contributed by atoms with Crippen molar-refractivity contribution in [2.75, 3.05) is 24.2 Å². The SMILES string of the molecule is CC[C@H](C(=O)NC)N(Cc1c(Cl)cccc1Cl)C(=O)CCCN(c1ccc(F)c(F)c1)S(C)(=O)=O. The number of nitrogens with one attached hydrogen (secondary N) is 1. The van der Waals surface area contributed by atoms with Gasteiger partial charge < -0.3 is 10.2 Å². The third-order valence-electron chi connectivity index (χ3n) is 5.37. The Labute approximate surface area is 214 Å². The maximum Gasteiger partial charge on any atom is 0.242 e. The number of sulfonamides is 1. The van der Waals surface area contributed by atoms with Crippen molar-refractivity contribution in [1.82, 2.24) is 10.2 Å². The fourth-order valence-corrected chi connectivity index (χ4v) is 5.06. The molecule has 35 heavy (non-hydrogen) atoms. The van der Waals surface area contributed by atoms with Gasteiger partial charge in [0.05, 0.1) is 11.9 Å². The van der Waals surface area contributed by atoms with Crippen LogP contribution in [-0.4, -0.2) is 51.0 Å². The van der Waals surface area contributed by atoms with Gasteiger partial charge in [-0.25, -0.2) is 17.2 Å². The van der Waals surface area contributed by atoms with Crippen LogP contribution in [0.15, 0.2) is 36.4 Å². The number of hydrogen-bond donors (Lipinski definition) is 1. The van der Waals surface area contributed by atoms with Crippen molar-refractivity contribution in [3.63, 3.8) is 0 Å². The van der Waals surface area contributed by atoms with Crippen molar-refractivity contribution in [2.45, 2.75) is 38.8 Å². The monoisotopic (exact) mass is 549 g/mol. The Hall–Kier alpha value is -2.43. The standard InChI is InChI=1S/C23H27Cl2F2N3O4S/c1-4-21(23(32)28-2)29(14-16-17(24)7-5-8-18(16)25)22(31)9-6-12-30(35(3,33)34)15-10-11-19(26)20(27)13-15/h5,7-8,10-11,13,21H,4,6,9,12,14H2,1-3H3,(H,28,32)/t21-/m1/s1. The van der Waals surface area contributed by atoms with Crippen LogP contribution >= 0.6 is 23.2 Å². The molecule has 0 aliphatic heterocycles. The number of benzene rings is 2. The Balaban J connectivity index is 2.26. The van der Waals surface area contributed by atoms with E-state index in [1.165, 1.54) is 11.9 Å². The zero-order valence-corrected chi connectivity index (χ0v) is 21.9. The van der Waals surface area contributed by atoms with Crippen molar-refractivity contribution in [3.8, 4) is 0 Å². The van der Waals surface area contributed by atoms with Gasteiger partial charge in [0, 0.05) is 48.2 Å². The molecule has 0 radical (unpaired) electrons. The van der Waals surface area contributed by atoms with Gasteiger partial charge in [0.2, 0.25) is 21.8 Å². The number of anilines is 1. The van der Waals surface area contributed by atoms with Crippen LogP contribution in [0.5, 0.6) is 0 Å². The first-order valence-electron chi connectivity index (χ1n) is 10.8. The molecule has 0 saturated carbocycles. The molecule has 2 rings (SSSR count). The van der Waals surface area contributed by atoms with E-state index in [4.69, 9.17) is 23.2 Å². The van der Waals surface area contributed by atoms with Crippen LogP contribution in [0, 0.1) is 11.6 Å². The molecule has 2 aromatic rings. The fraction of sp³-hybridized carbons (Fsp3) is 0.391. The maximum absolute atomic E-state index is 13.7. The van der Waals surface area contributed by atoms with E-state index in [-0.39, 0.29) is 37.5 Å². The second kappa shape index (κ2) is 12.5. The lowest BCUT2D eigenvalue weighted by Crippen LogP contribution is -2.48. The second-order valence-corrected chi connectivity index (χ2v) is 10.5. The molecule has 12 heteroatoms. The summed E-state index contributed by atoms with van der Waals surface area (Å²) in [7, 11) is -2.38. The fourth-order valence-electron chi connectivity index (χ4n) is 3.58. The first-order valence-corrected chi connectivity index (χ1v) is 13.4. The Morgan fingerprint density at radius 3 is 2.23 bits per heavy atom. The molecule has 0 unspecified atom stereocenters. The van der Waals surface area contributed by atoms with Crippen LogP contribution in [-0.2, 0) is 26.2 Å². The highest BCUT2D eigenvalue weighted by Crippen LogP contribution is 2.27. The first kappa shape index (κ1) is 28.8. The molecule has 2 aromatic carbocycles. The van der Waals surface area contributed by atoms with E-state index in [2.05, 4.69) is 5.32 Å². The maximum atomic E-state index is 13.7. The van der Waals surface area contributed by atoms with Gasteiger partial charge in [-0.1, -0.05) is 36.2 Å². The third kappa shape index (κ3) is 7.52. The first-order chi connectivity index (χ1) is 16.4. The molecule has 7 nitrogen and oxygen atoms in total. The highest BCUT2D eigenvalue weighted by molar-refractivity contribution is 7.92. The molecule has 0 fully saturated rings. The largest absolute Gasteiger partial charge is 0.357 e. The zero-order chi connectivity index (χ0) is 26.3. The number of carbonyl (C=O) groups excluding carboxylic acids is 2. The van der Waals surface area contributed by atoms with Crippen molar-refractivity contribution in [2.24, 2.45) is 0 Å². The topological polar surface area (TPSA) is 86.8 Å². The molecule has 1 N–H and O–H groups in total. The van der Waals surface area contributed by atoms with Crippen LogP contribution in [0.25, 0.3) is 0 Å². The average Bonchev–Trinajstić information content (AvgIpc) is 2.79. The summed E-state index contributed by atoms with van der Waals surface area (Å²) >= 11 is 12.5. The summed E-state index contributed by atoms with van der Waals surface area (Å²) in [5, 5.41) is 3.21. The quantitative estimate of drug-likeness (QED) is 0.450. The minimum absolute atomic E-state index is 0.0256. The van der Waals surface area contributed by atoms with E-state index in [1.807, 2.05) is 0 Å². The van der Waals surface area contributed by atoms with E-state index in [0.717, 1.165) is 28.8 Å². The summed E-state index contributed by atoms with van der Waals surface area (Å²) in [6, 6.07) is 6.86. The lowest BCUT2D eigenvalue weighted by atomic mass is 10.1. The summed E-state index contributed by atoms with van der Waals surface area (Å²) in [5.41, 5.74) is 0.418. The minimum Gasteiger partial charge on any atom is -0.357 e. The molecule has 0 spiro atoms. The Morgan fingerprint density at radius 1 is 1.09 bits per heavy atom. The molecule has 2 amide bonds.